The Kier molecular flexibility index (Phi) is 14.1. The molecule has 1 N–H and O–H groups in total. The normalized spacial score (nSPS) is 19.0. The number of hydrogen-bond donors (Lipinski definition) is 1. The van der Waals surface area contributed by atoms with Crippen molar-refractivity contribution < 1.29 is 33.4 Å². The number of benzene rings is 3. The molecule has 7 rings (SSSR count). The molecule has 13 heteroatoms. The number of rotatable bonds is 12. The number of anilines is 1. The number of para-hydroxylation sites is 1. The molecule has 4 amide bonds. The molecule has 316 valence electrons. The van der Waals surface area contributed by atoms with E-state index in [1.807, 2.05) is 97.3 Å². The van der Waals surface area contributed by atoms with Crippen LogP contribution in [-0.4, -0.2) is 139 Å². The molecule has 59 heavy (non-hydrogen) atoms. The molecule has 0 saturated carbocycles. The maximum atomic E-state index is 14.4. The summed E-state index contributed by atoms with van der Waals surface area (Å²) in [4.78, 5) is 63.6. The van der Waals surface area contributed by atoms with Crippen molar-refractivity contribution in [2.45, 2.75) is 84.1 Å². The summed E-state index contributed by atoms with van der Waals surface area (Å²) in [6.45, 7) is 12.8. The number of fused-ring (bicyclic) bond motifs is 1. The number of nitrogens with one attached hydrogen (secondary N) is 1. The number of urea groups is 1. The quantitative estimate of drug-likeness (QED) is 0.231. The van der Waals surface area contributed by atoms with E-state index in [2.05, 4.69) is 15.1 Å². The molecular weight excluding hydrogens is 749 g/mol. The van der Waals surface area contributed by atoms with Gasteiger partial charge in [-0.05, 0) is 86.8 Å². The number of amides is 4. The van der Waals surface area contributed by atoms with Gasteiger partial charge in [-0.3, -0.25) is 19.4 Å². The van der Waals surface area contributed by atoms with Gasteiger partial charge in [-0.25, -0.2) is 9.59 Å². The number of aryl methyl sites for hydroxylation is 2. The van der Waals surface area contributed by atoms with Crippen molar-refractivity contribution in [2.24, 2.45) is 0 Å². The Bertz CT molecular complexity index is 1900. The Morgan fingerprint density at radius 3 is 2.12 bits per heavy atom. The van der Waals surface area contributed by atoms with Gasteiger partial charge in [-0.15, -0.1) is 0 Å². The maximum Gasteiger partial charge on any atom is 0.410 e. The summed E-state index contributed by atoms with van der Waals surface area (Å²) < 4.78 is 17.6. The van der Waals surface area contributed by atoms with E-state index in [0.717, 1.165) is 84.7 Å². The minimum absolute atomic E-state index is 0.000431. The summed E-state index contributed by atoms with van der Waals surface area (Å²) in [6.07, 6.45) is 2.70. The number of nitrogens with zero attached hydrogens (tertiary/aromatic N) is 5. The molecule has 4 aliphatic rings. The largest absolute Gasteiger partial charge is 0.488 e. The zero-order valence-corrected chi connectivity index (χ0v) is 34.9. The Labute approximate surface area is 348 Å². The fourth-order valence-electron chi connectivity index (χ4n) is 9.15. The third kappa shape index (κ3) is 10.7. The number of piperidine rings is 2. The van der Waals surface area contributed by atoms with Gasteiger partial charge in [0.25, 0.3) is 5.91 Å². The molecule has 0 radical (unpaired) electrons. The predicted molar refractivity (Wildman–Crippen MR) is 225 cm³/mol. The highest BCUT2D eigenvalue weighted by atomic mass is 16.6. The minimum atomic E-state index is -0.998. The minimum Gasteiger partial charge on any atom is -0.488 e. The monoisotopic (exact) mass is 808 g/mol. The lowest BCUT2D eigenvalue weighted by Crippen LogP contribution is -2.57. The van der Waals surface area contributed by atoms with Crippen molar-refractivity contribution >= 4 is 29.7 Å². The zero-order valence-electron chi connectivity index (χ0n) is 34.9. The molecule has 0 spiro atoms. The Balaban J connectivity index is 0.982. The third-order valence-corrected chi connectivity index (χ3v) is 12.3. The van der Waals surface area contributed by atoms with Gasteiger partial charge < -0.3 is 34.2 Å². The number of carbonyl (C=O) groups is 4. The lowest BCUT2D eigenvalue weighted by Gasteiger charge is -2.43. The van der Waals surface area contributed by atoms with E-state index in [9.17, 15) is 19.2 Å². The number of ether oxygens (including phenoxy) is 3. The van der Waals surface area contributed by atoms with Crippen molar-refractivity contribution in [3.8, 4) is 5.75 Å². The highest BCUT2D eigenvalue weighted by Crippen LogP contribution is 2.29. The van der Waals surface area contributed by atoms with Crippen molar-refractivity contribution in [3.05, 3.63) is 94.5 Å². The standard InChI is InChI=1S/C46H60N6O7/c1-4-57-42(53)31-48-19-15-38(16-20-48)49-24-26-50(27-25-49)44(54)41(30-36-28-33(2)43(34(3)29-36)58-32-35-10-6-5-7-11-35)59-46(56)51-21-17-39(18-22-51)52-23-14-37-12-8-9-13-40(37)47-45(52)55/h5-13,28-29,38-39,41H,4,14-27,30-32H2,1-3H3,(H,47,55)/t41-/m1/s1. The molecule has 3 saturated heterocycles. The molecule has 0 aliphatic carbocycles. The Hall–Kier alpha value is -5.14. The van der Waals surface area contributed by atoms with E-state index < -0.39 is 12.2 Å². The van der Waals surface area contributed by atoms with E-state index in [1.54, 1.807) is 4.90 Å². The topological polar surface area (TPSA) is 124 Å². The third-order valence-electron chi connectivity index (χ3n) is 12.3. The molecule has 4 heterocycles. The van der Waals surface area contributed by atoms with Gasteiger partial charge >= 0.3 is 18.1 Å². The summed E-state index contributed by atoms with van der Waals surface area (Å²) in [6, 6.07) is 22.3. The van der Waals surface area contributed by atoms with E-state index in [0.29, 0.717) is 71.4 Å². The van der Waals surface area contributed by atoms with Gasteiger partial charge in [0.2, 0.25) is 0 Å². The first-order valence-corrected chi connectivity index (χ1v) is 21.4. The van der Waals surface area contributed by atoms with Gasteiger partial charge in [0.15, 0.2) is 6.10 Å². The maximum absolute atomic E-state index is 14.4. The molecule has 3 fully saturated rings. The van der Waals surface area contributed by atoms with E-state index >= 15 is 0 Å². The summed E-state index contributed by atoms with van der Waals surface area (Å²) in [5.41, 5.74) is 5.87. The average molecular weight is 809 g/mol. The van der Waals surface area contributed by atoms with Crippen LogP contribution in [0, 0.1) is 13.8 Å². The van der Waals surface area contributed by atoms with Crippen LogP contribution in [0.15, 0.2) is 66.7 Å². The molecule has 0 bridgehead atoms. The van der Waals surface area contributed by atoms with Crippen LogP contribution in [0.3, 0.4) is 0 Å². The summed E-state index contributed by atoms with van der Waals surface area (Å²) in [5, 5.41) is 3.07. The second-order valence-corrected chi connectivity index (χ2v) is 16.3. The smallest absolute Gasteiger partial charge is 0.410 e. The van der Waals surface area contributed by atoms with Crippen molar-refractivity contribution in [1.82, 2.24) is 24.5 Å². The molecule has 3 aromatic carbocycles. The van der Waals surface area contributed by atoms with Crippen molar-refractivity contribution in [1.29, 1.82) is 0 Å². The lowest BCUT2D eigenvalue weighted by atomic mass is 10.00. The van der Waals surface area contributed by atoms with Crippen LogP contribution in [0.5, 0.6) is 5.75 Å². The van der Waals surface area contributed by atoms with Gasteiger partial charge in [0.1, 0.15) is 12.4 Å². The van der Waals surface area contributed by atoms with Crippen LogP contribution in [-0.2, 0) is 38.5 Å². The molecule has 3 aromatic rings. The number of hydrogen-bond acceptors (Lipinski definition) is 9. The summed E-state index contributed by atoms with van der Waals surface area (Å²) in [5.74, 6) is 0.451. The first-order valence-electron chi connectivity index (χ1n) is 21.4. The second kappa shape index (κ2) is 19.7. The number of carbonyl (C=O) groups excluding carboxylic acids is 4. The van der Waals surface area contributed by atoms with Gasteiger partial charge in [-0.1, -0.05) is 60.7 Å². The molecule has 1 atom stereocenters. The van der Waals surface area contributed by atoms with Crippen LogP contribution in [0.1, 0.15) is 60.4 Å². The van der Waals surface area contributed by atoms with Crippen molar-refractivity contribution in [2.75, 3.05) is 77.4 Å². The highest BCUT2D eigenvalue weighted by molar-refractivity contribution is 5.91. The molecule has 4 aliphatic heterocycles. The molecule has 0 unspecified atom stereocenters. The van der Waals surface area contributed by atoms with Crippen LogP contribution >= 0.6 is 0 Å². The first-order chi connectivity index (χ1) is 28.6. The highest BCUT2D eigenvalue weighted by Gasteiger charge is 2.36. The van der Waals surface area contributed by atoms with Gasteiger partial charge in [-0.2, -0.15) is 0 Å². The zero-order chi connectivity index (χ0) is 41.3. The first kappa shape index (κ1) is 42.0. The van der Waals surface area contributed by atoms with Gasteiger partial charge in [0.05, 0.1) is 13.2 Å². The van der Waals surface area contributed by atoms with Gasteiger partial charge in [0, 0.05) is 83.1 Å². The fraction of sp³-hybridized carbons (Fsp3) is 0.522. The number of piperazine rings is 1. The van der Waals surface area contributed by atoms with Crippen molar-refractivity contribution in [3.63, 3.8) is 0 Å². The fourth-order valence-corrected chi connectivity index (χ4v) is 9.15. The van der Waals surface area contributed by atoms with Crippen LogP contribution < -0.4 is 10.1 Å². The van der Waals surface area contributed by atoms with E-state index in [1.165, 1.54) is 0 Å². The number of esters is 1. The van der Waals surface area contributed by atoms with Crippen LogP contribution in [0.2, 0.25) is 0 Å². The van der Waals surface area contributed by atoms with E-state index in [4.69, 9.17) is 14.2 Å². The van der Waals surface area contributed by atoms with E-state index in [-0.39, 0.29) is 30.4 Å². The number of likely N-dealkylation sites (tertiary alicyclic amines) is 2. The lowest BCUT2D eigenvalue weighted by molar-refractivity contribution is -0.144. The average Bonchev–Trinajstić information content (AvgIpc) is 3.41. The summed E-state index contributed by atoms with van der Waals surface area (Å²) in [7, 11) is 0. The molecule has 0 aromatic heterocycles. The van der Waals surface area contributed by atoms with Crippen LogP contribution in [0.4, 0.5) is 15.3 Å². The van der Waals surface area contributed by atoms with Crippen LogP contribution in [0.25, 0.3) is 0 Å². The molecular formula is C46H60N6O7. The Morgan fingerprint density at radius 2 is 1.42 bits per heavy atom. The Morgan fingerprint density at radius 1 is 0.763 bits per heavy atom. The summed E-state index contributed by atoms with van der Waals surface area (Å²) >= 11 is 0. The molecule has 13 nitrogen and oxygen atoms in total. The predicted octanol–water partition coefficient (Wildman–Crippen LogP) is 5.66. The SMILES string of the molecule is CCOC(=O)CN1CCC(N2CCN(C(=O)[C@@H](Cc3cc(C)c(OCc4ccccc4)c(C)c3)OC(=O)N3CCC(N4CCc5ccccc5NC4=O)CC3)CC2)CC1. The second-order valence-electron chi connectivity index (χ2n) is 16.3.